The van der Waals surface area contributed by atoms with Crippen molar-refractivity contribution in [2.45, 2.75) is 51.5 Å². The maximum Gasteiger partial charge on any atom is 0.191 e. The Morgan fingerprint density at radius 1 is 1.25 bits per heavy atom. The summed E-state index contributed by atoms with van der Waals surface area (Å²) in [6.07, 6.45) is 8.06. The van der Waals surface area contributed by atoms with Gasteiger partial charge in [-0.2, -0.15) is 0 Å². The van der Waals surface area contributed by atoms with Crippen molar-refractivity contribution < 1.29 is 0 Å². The molecule has 0 aromatic carbocycles. The molecule has 0 spiro atoms. The first-order chi connectivity index (χ1) is 7.68. The number of rotatable bonds is 3. The number of nitrogens with zero attached hydrogens (tertiary/aromatic N) is 2. The molecule has 0 saturated heterocycles. The van der Waals surface area contributed by atoms with E-state index >= 15 is 0 Å². The van der Waals surface area contributed by atoms with Crippen LogP contribution in [0.25, 0.3) is 0 Å². The van der Waals surface area contributed by atoms with E-state index in [1.165, 1.54) is 38.5 Å². The number of hydrogen-bond donors (Lipinski definition) is 1. The molecule has 16 heavy (non-hydrogen) atoms. The van der Waals surface area contributed by atoms with Gasteiger partial charge in [-0.25, -0.2) is 0 Å². The van der Waals surface area contributed by atoms with E-state index in [0.29, 0.717) is 6.04 Å². The second-order valence-corrected chi connectivity index (χ2v) is 5.56. The van der Waals surface area contributed by atoms with E-state index < -0.39 is 0 Å². The molecule has 2 N–H and O–H groups in total. The SMILES string of the molecule is CC1CCCCC1CN=C(N)N(C)C1CC1. The van der Waals surface area contributed by atoms with Crippen LogP contribution in [-0.4, -0.2) is 30.5 Å². The molecule has 2 aliphatic carbocycles. The molecule has 3 heteroatoms. The van der Waals surface area contributed by atoms with Gasteiger partial charge in [-0.05, 0) is 31.1 Å². The van der Waals surface area contributed by atoms with Crippen LogP contribution < -0.4 is 5.73 Å². The summed E-state index contributed by atoms with van der Waals surface area (Å²) in [5.41, 5.74) is 6.00. The summed E-state index contributed by atoms with van der Waals surface area (Å²) >= 11 is 0. The van der Waals surface area contributed by atoms with Gasteiger partial charge in [-0.15, -0.1) is 0 Å². The summed E-state index contributed by atoms with van der Waals surface area (Å²) in [4.78, 5) is 6.73. The van der Waals surface area contributed by atoms with Crippen LogP contribution in [0.4, 0.5) is 0 Å². The van der Waals surface area contributed by atoms with Gasteiger partial charge in [0.15, 0.2) is 5.96 Å². The van der Waals surface area contributed by atoms with Crippen LogP contribution >= 0.6 is 0 Å². The zero-order chi connectivity index (χ0) is 11.5. The topological polar surface area (TPSA) is 41.6 Å². The van der Waals surface area contributed by atoms with E-state index in [-0.39, 0.29) is 0 Å². The van der Waals surface area contributed by atoms with Gasteiger partial charge in [-0.1, -0.05) is 26.2 Å². The normalized spacial score (nSPS) is 31.5. The molecule has 0 aliphatic heterocycles. The second kappa shape index (κ2) is 5.07. The molecule has 2 unspecified atom stereocenters. The van der Waals surface area contributed by atoms with Crippen LogP contribution in [0.2, 0.25) is 0 Å². The Morgan fingerprint density at radius 2 is 1.94 bits per heavy atom. The molecule has 0 aromatic heterocycles. The first-order valence-corrected chi connectivity index (χ1v) is 6.71. The first kappa shape index (κ1) is 11.7. The van der Waals surface area contributed by atoms with Crippen LogP contribution in [0.15, 0.2) is 4.99 Å². The highest BCUT2D eigenvalue weighted by molar-refractivity contribution is 5.78. The molecular weight excluding hydrogens is 198 g/mol. The van der Waals surface area contributed by atoms with Crippen LogP contribution in [0, 0.1) is 11.8 Å². The highest BCUT2D eigenvalue weighted by atomic mass is 15.3. The Kier molecular flexibility index (Phi) is 3.72. The number of guanidine groups is 1. The highest BCUT2D eigenvalue weighted by Crippen LogP contribution is 2.30. The zero-order valence-electron chi connectivity index (χ0n) is 10.7. The fraction of sp³-hybridized carbons (Fsp3) is 0.923. The Labute approximate surface area is 99.1 Å². The Balaban J connectivity index is 1.81. The Morgan fingerprint density at radius 3 is 2.56 bits per heavy atom. The molecule has 3 nitrogen and oxygen atoms in total. The van der Waals surface area contributed by atoms with E-state index in [1.807, 2.05) is 0 Å². The van der Waals surface area contributed by atoms with Crippen molar-refractivity contribution in [2.24, 2.45) is 22.6 Å². The molecule has 92 valence electrons. The molecule has 0 aromatic rings. The van der Waals surface area contributed by atoms with Crippen molar-refractivity contribution >= 4 is 5.96 Å². The minimum atomic E-state index is 0.674. The summed E-state index contributed by atoms with van der Waals surface area (Å²) in [6, 6.07) is 0.674. The first-order valence-electron chi connectivity index (χ1n) is 6.71. The molecule has 0 heterocycles. The molecule has 2 aliphatic rings. The fourth-order valence-electron chi connectivity index (χ4n) is 2.64. The summed E-state index contributed by atoms with van der Waals surface area (Å²) in [7, 11) is 2.07. The molecule has 2 fully saturated rings. The van der Waals surface area contributed by atoms with E-state index in [4.69, 9.17) is 5.73 Å². The minimum Gasteiger partial charge on any atom is -0.370 e. The lowest BCUT2D eigenvalue weighted by molar-refractivity contribution is 0.263. The average molecular weight is 223 g/mol. The van der Waals surface area contributed by atoms with Crippen molar-refractivity contribution in [2.75, 3.05) is 13.6 Å². The summed E-state index contributed by atoms with van der Waals surface area (Å²) in [5, 5.41) is 0. The lowest BCUT2D eigenvalue weighted by Crippen LogP contribution is -2.36. The van der Waals surface area contributed by atoms with E-state index in [2.05, 4.69) is 23.9 Å². The average Bonchev–Trinajstić information content (AvgIpc) is 3.10. The Hall–Kier alpha value is -0.730. The monoisotopic (exact) mass is 223 g/mol. The van der Waals surface area contributed by atoms with Gasteiger partial charge in [0.25, 0.3) is 0 Å². The molecular formula is C13H25N3. The quantitative estimate of drug-likeness (QED) is 0.589. The van der Waals surface area contributed by atoms with Gasteiger partial charge in [0.1, 0.15) is 0 Å². The smallest absolute Gasteiger partial charge is 0.191 e. The predicted molar refractivity (Wildman–Crippen MR) is 68.4 cm³/mol. The highest BCUT2D eigenvalue weighted by Gasteiger charge is 2.27. The van der Waals surface area contributed by atoms with Gasteiger partial charge in [0, 0.05) is 19.6 Å². The van der Waals surface area contributed by atoms with Crippen LogP contribution in [0.3, 0.4) is 0 Å². The molecule has 2 saturated carbocycles. The molecule has 0 amide bonds. The lowest BCUT2D eigenvalue weighted by Gasteiger charge is -2.27. The third kappa shape index (κ3) is 2.89. The van der Waals surface area contributed by atoms with Crippen molar-refractivity contribution in [3.8, 4) is 0 Å². The van der Waals surface area contributed by atoms with Gasteiger partial charge in [0.2, 0.25) is 0 Å². The zero-order valence-corrected chi connectivity index (χ0v) is 10.7. The number of aliphatic imine (C=N–C) groups is 1. The Bertz CT molecular complexity index is 258. The van der Waals surface area contributed by atoms with E-state index in [0.717, 1.165) is 24.3 Å². The molecule has 2 atom stereocenters. The number of hydrogen-bond acceptors (Lipinski definition) is 1. The lowest BCUT2D eigenvalue weighted by atomic mass is 9.80. The number of nitrogens with two attached hydrogens (primary N) is 1. The predicted octanol–water partition coefficient (Wildman–Crippen LogP) is 2.22. The van der Waals surface area contributed by atoms with Crippen LogP contribution in [-0.2, 0) is 0 Å². The van der Waals surface area contributed by atoms with Crippen LogP contribution in [0.1, 0.15) is 45.4 Å². The molecule has 0 bridgehead atoms. The summed E-state index contributed by atoms with van der Waals surface area (Å²) < 4.78 is 0. The third-order valence-electron chi connectivity index (χ3n) is 4.23. The van der Waals surface area contributed by atoms with Gasteiger partial charge in [-0.3, -0.25) is 4.99 Å². The van der Waals surface area contributed by atoms with Gasteiger partial charge in [0.05, 0.1) is 0 Å². The third-order valence-corrected chi connectivity index (χ3v) is 4.23. The van der Waals surface area contributed by atoms with Crippen molar-refractivity contribution in [1.82, 2.24) is 4.90 Å². The largest absolute Gasteiger partial charge is 0.370 e. The minimum absolute atomic E-state index is 0.674. The van der Waals surface area contributed by atoms with Gasteiger partial charge < -0.3 is 10.6 Å². The fourth-order valence-corrected chi connectivity index (χ4v) is 2.64. The van der Waals surface area contributed by atoms with E-state index in [1.54, 1.807) is 0 Å². The van der Waals surface area contributed by atoms with Crippen molar-refractivity contribution in [3.63, 3.8) is 0 Å². The molecule has 2 rings (SSSR count). The van der Waals surface area contributed by atoms with Gasteiger partial charge >= 0.3 is 0 Å². The standard InChI is InChI=1S/C13H25N3/c1-10-5-3-4-6-11(10)9-15-13(14)16(2)12-7-8-12/h10-12H,3-9H2,1-2H3,(H2,14,15). The summed E-state index contributed by atoms with van der Waals surface area (Å²) in [5.74, 6) is 2.34. The van der Waals surface area contributed by atoms with Crippen molar-refractivity contribution in [3.05, 3.63) is 0 Å². The van der Waals surface area contributed by atoms with Crippen LogP contribution in [0.5, 0.6) is 0 Å². The van der Waals surface area contributed by atoms with E-state index in [9.17, 15) is 0 Å². The maximum absolute atomic E-state index is 6.00. The maximum atomic E-state index is 6.00. The summed E-state index contributed by atoms with van der Waals surface area (Å²) in [6.45, 7) is 3.30. The van der Waals surface area contributed by atoms with Crippen molar-refractivity contribution in [1.29, 1.82) is 0 Å². The second-order valence-electron chi connectivity index (χ2n) is 5.56. The molecule has 0 radical (unpaired) electrons.